The number of carbonyl (C=O) groups is 1. The van der Waals surface area contributed by atoms with Gasteiger partial charge in [0.1, 0.15) is 11.3 Å². The van der Waals surface area contributed by atoms with E-state index in [-0.39, 0.29) is 18.0 Å². The Bertz CT molecular complexity index is 945. The number of hydrogen-bond acceptors (Lipinski definition) is 5. The molecule has 3 aromatic rings. The van der Waals surface area contributed by atoms with Gasteiger partial charge in [0.05, 0.1) is 19.2 Å². The number of anilines is 1. The Morgan fingerprint density at radius 1 is 1.19 bits per heavy atom. The van der Waals surface area contributed by atoms with E-state index in [1.807, 2.05) is 49.6 Å². The zero-order chi connectivity index (χ0) is 18.1. The van der Waals surface area contributed by atoms with E-state index in [1.54, 1.807) is 24.4 Å². The molecular formula is C20H20N4O2. The van der Waals surface area contributed by atoms with E-state index >= 15 is 0 Å². The van der Waals surface area contributed by atoms with Gasteiger partial charge in [-0.25, -0.2) is 0 Å². The van der Waals surface area contributed by atoms with Gasteiger partial charge in [-0.3, -0.25) is 14.8 Å². The average molecular weight is 348 g/mol. The number of nitrogens with zero attached hydrogens (tertiary/aromatic N) is 3. The maximum absolute atomic E-state index is 12.4. The number of hydrogen-bond donors (Lipinski definition) is 1. The third-order valence-corrected chi connectivity index (χ3v) is 4.91. The molecule has 4 rings (SSSR count). The monoisotopic (exact) mass is 348 g/mol. The van der Waals surface area contributed by atoms with Gasteiger partial charge >= 0.3 is 0 Å². The summed E-state index contributed by atoms with van der Waals surface area (Å²) in [4.78, 5) is 22.8. The first-order chi connectivity index (χ1) is 12.7. The zero-order valence-corrected chi connectivity index (χ0v) is 14.7. The second-order valence-corrected chi connectivity index (χ2v) is 6.41. The molecule has 1 aliphatic rings. The van der Waals surface area contributed by atoms with E-state index in [0.29, 0.717) is 6.42 Å². The van der Waals surface area contributed by atoms with E-state index in [9.17, 15) is 4.79 Å². The Morgan fingerprint density at radius 3 is 2.85 bits per heavy atom. The molecule has 1 aromatic carbocycles. The number of nitrogens with one attached hydrogen (secondary N) is 1. The second-order valence-electron chi connectivity index (χ2n) is 6.41. The quantitative estimate of drug-likeness (QED) is 0.785. The standard InChI is InChI=1S/C20H20N4O2/c1-24-18(25)11-16(20(24)13-5-4-9-21-12-13)23-15-8-10-22-19-14(15)6-3-7-17(19)26-2/h3-10,12,16,20H,11H2,1-2H3,(H,22,23)/t16-,20+/m1/s1. The summed E-state index contributed by atoms with van der Waals surface area (Å²) in [5.74, 6) is 0.849. The van der Waals surface area contributed by atoms with Gasteiger partial charge in [0.15, 0.2) is 0 Å². The van der Waals surface area contributed by atoms with Crippen molar-refractivity contribution in [2.75, 3.05) is 19.5 Å². The highest BCUT2D eigenvalue weighted by atomic mass is 16.5. The SMILES string of the molecule is COc1cccc2c(N[C@@H]3CC(=O)N(C)[C@H]3c3cccnc3)ccnc12. The fraction of sp³-hybridized carbons (Fsp3) is 0.250. The number of fused-ring (bicyclic) bond motifs is 1. The number of likely N-dealkylation sites (N-methyl/N-ethyl adjacent to an activating group) is 1. The molecule has 1 fully saturated rings. The third-order valence-electron chi connectivity index (χ3n) is 4.91. The Balaban J connectivity index is 1.72. The van der Waals surface area contributed by atoms with Crippen molar-refractivity contribution in [1.82, 2.24) is 14.9 Å². The van der Waals surface area contributed by atoms with Crippen LogP contribution in [0.1, 0.15) is 18.0 Å². The fourth-order valence-corrected chi connectivity index (χ4v) is 3.64. The highest BCUT2D eigenvalue weighted by molar-refractivity contribution is 5.95. The molecule has 0 spiro atoms. The molecule has 0 radical (unpaired) electrons. The van der Waals surface area contributed by atoms with E-state index in [0.717, 1.165) is 27.9 Å². The Morgan fingerprint density at radius 2 is 2.08 bits per heavy atom. The van der Waals surface area contributed by atoms with Crippen molar-refractivity contribution in [3.05, 3.63) is 60.6 Å². The summed E-state index contributed by atoms with van der Waals surface area (Å²) in [5.41, 5.74) is 2.76. The Labute approximate surface area is 151 Å². The Kier molecular flexibility index (Phi) is 4.16. The molecule has 1 saturated heterocycles. The van der Waals surface area contributed by atoms with Crippen LogP contribution in [0.2, 0.25) is 0 Å². The van der Waals surface area contributed by atoms with Crippen LogP contribution in [0.5, 0.6) is 5.75 Å². The molecule has 6 heteroatoms. The highest BCUT2D eigenvalue weighted by Gasteiger charge is 2.38. The lowest BCUT2D eigenvalue weighted by atomic mass is 10.0. The molecule has 0 saturated carbocycles. The summed E-state index contributed by atoms with van der Waals surface area (Å²) in [6, 6.07) is 11.6. The number of para-hydroxylation sites is 1. The number of ether oxygens (including phenoxy) is 1. The normalized spacial score (nSPS) is 19.8. The van der Waals surface area contributed by atoms with Gasteiger partial charge in [-0.1, -0.05) is 18.2 Å². The van der Waals surface area contributed by atoms with Crippen LogP contribution in [0.25, 0.3) is 10.9 Å². The maximum atomic E-state index is 12.4. The highest BCUT2D eigenvalue weighted by Crippen LogP contribution is 2.36. The molecule has 0 unspecified atom stereocenters. The van der Waals surface area contributed by atoms with Gasteiger partial charge < -0.3 is 15.0 Å². The Hall–Kier alpha value is -3.15. The smallest absolute Gasteiger partial charge is 0.225 e. The summed E-state index contributed by atoms with van der Waals surface area (Å²) >= 11 is 0. The van der Waals surface area contributed by atoms with Crippen LogP contribution in [0.15, 0.2) is 55.0 Å². The largest absolute Gasteiger partial charge is 0.494 e. The van der Waals surface area contributed by atoms with Crippen molar-refractivity contribution in [2.45, 2.75) is 18.5 Å². The molecule has 2 atom stereocenters. The summed E-state index contributed by atoms with van der Waals surface area (Å²) in [5, 5.41) is 4.53. The van der Waals surface area contributed by atoms with Gasteiger partial charge in [-0.15, -0.1) is 0 Å². The molecule has 0 bridgehead atoms. The van der Waals surface area contributed by atoms with E-state index in [2.05, 4.69) is 15.3 Å². The first kappa shape index (κ1) is 16.3. The van der Waals surface area contributed by atoms with Crippen LogP contribution >= 0.6 is 0 Å². The van der Waals surface area contributed by atoms with E-state index in [4.69, 9.17) is 4.74 Å². The summed E-state index contributed by atoms with van der Waals surface area (Å²) in [7, 11) is 3.48. The lowest BCUT2D eigenvalue weighted by Gasteiger charge is -2.26. The zero-order valence-electron chi connectivity index (χ0n) is 14.7. The number of likely N-dealkylation sites (tertiary alicyclic amines) is 1. The van der Waals surface area contributed by atoms with Crippen LogP contribution in [-0.4, -0.2) is 41.0 Å². The number of carbonyl (C=O) groups excluding carboxylic acids is 1. The third kappa shape index (κ3) is 2.73. The number of methoxy groups -OCH3 is 1. The molecule has 26 heavy (non-hydrogen) atoms. The summed E-state index contributed by atoms with van der Waals surface area (Å²) < 4.78 is 5.42. The van der Waals surface area contributed by atoms with Crippen molar-refractivity contribution >= 4 is 22.5 Å². The number of rotatable bonds is 4. The van der Waals surface area contributed by atoms with Crippen molar-refractivity contribution in [3.8, 4) is 5.75 Å². The van der Waals surface area contributed by atoms with Crippen molar-refractivity contribution in [3.63, 3.8) is 0 Å². The van der Waals surface area contributed by atoms with Crippen LogP contribution < -0.4 is 10.1 Å². The van der Waals surface area contributed by atoms with Gasteiger partial charge in [0, 0.05) is 43.1 Å². The molecule has 0 aliphatic carbocycles. The van der Waals surface area contributed by atoms with Gasteiger partial charge in [0.2, 0.25) is 5.91 Å². The van der Waals surface area contributed by atoms with Crippen molar-refractivity contribution < 1.29 is 9.53 Å². The van der Waals surface area contributed by atoms with Crippen LogP contribution in [0.4, 0.5) is 5.69 Å². The van der Waals surface area contributed by atoms with Gasteiger partial charge in [-0.05, 0) is 23.8 Å². The molecule has 132 valence electrons. The summed E-state index contributed by atoms with van der Waals surface area (Å²) in [6.45, 7) is 0. The van der Waals surface area contributed by atoms with Crippen LogP contribution in [0.3, 0.4) is 0 Å². The first-order valence-electron chi connectivity index (χ1n) is 8.53. The number of aromatic nitrogens is 2. The number of amides is 1. The molecule has 1 amide bonds. The summed E-state index contributed by atoms with van der Waals surface area (Å²) in [6.07, 6.45) is 5.75. The van der Waals surface area contributed by atoms with E-state index in [1.165, 1.54) is 0 Å². The van der Waals surface area contributed by atoms with Gasteiger partial charge in [0.25, 0.3) is 0 Å². The minimum atomic E-state index is -0.0648. The minimum Gasteiger partial charge on any atom is -0.494 e. The maximum Gasteiger partial charge on any atom is 0.225 e. The lowest BCUT2D eigenvalue weighted by Crippen LogP contribution is -2.30. The van der Waals surface area contributed by atoms with Crippen molar-refractivity contribution in [1.29, 1.82) is 0 Å². The molecular weight excluding hydrogens is 328 g/mol. The average Bonchev–Trinajstić information content (AvgIpc) is 2.95. The van der Waals surface area contributed by atoms with Crippen molar-refractivity contribution in [2.24, 2.45) is 0 Å². The first-order valence-corrected chi connectivity index (χ1v) is 8.53. The lowest BCUT2D eigenvalue weighted by molar-refractivity contribution is -0.127. The topological polar surface area (TPSA) is 67.3 Å². The number of pyridine rings is 2. The fourth-order valence-electron chi connectivity index (χ4n) is 3.64. The molecule has 1 N–H and O–H groups in total. The molecule has 1 aliphatic heterocycles. The predicted octanol–water partition coefficient (Wildman–Crippen LogP) is 3.02. The second kappa shape index (κ2) is 6.63. The van der Waals surface area contributed by atoms with Crippen LogP contribution in [-0.2, 0) is 4.79 Å². The van der Waals surface area contributed by atoms with E-state index < -0.39 is 0 Å². The minimum absolute atomic E-state index is 0.0477. The molecule has 6 nitrogen and oxygen atoms in total. The predicted molar refractivity (Wildman–Crippen MR) is 100 cm³/mol. The molecule has 3 heterocycles. The number of benzene rings is 1. The molecule has 2 aromatic heterocycles. The van der Waals surface area contributed by atoms with Gasteiger partial charge in [-0.2, -0.15) is 0 Å². The van der Waals surface area contributed by atoms with Crippen LogP contribution in [0, 0.1) is 0 Å².